The lowest BCUT2D eigenvalue weighted by molar-refractivity contribution is -0.143. The minimum atomic E-state index is -0.839. The average molecular weight is 387 g/mol. The van der Waals surface area contributed by atoms with Crippen molar-refractivity contribution in [3.05, 3.63) is 34.1 Å². The van der Waals surface area contributed by atoms with Gasteiger partial charge in [0.2, 0.25) is 11.3 Å². The first kappa shape index (κ1) is 19.9. The Balaban J connectivity index is 2.02. The number of rotatable bonds is 5. The fourth-order valence-corrected chi connectivity index (χ4v) is 3.55. The van der Waals surface area contributed by atoms with Crippen LogP contribution in [0.1, 0.15) is 37.0 Å². The van der Waals surface area contributed by atoms with Crippen molar-refractivity contribution < 1.29 is 19.4 Å². The van der Waals surface area contributed by atoms with Gasteiger partial charge < -0.3 is 19.3 Å². The molecular formula is C20H25N3O5. The molecule has 1 amide bonds. The molecule has 0 unspecified atom stereocenters. The number of piperidine rings is 1. The molecule has 1 fully saturated rings. The van der Waals surface area contributed by atoms with Crippen molar-refractivity contribution in [2.75, 3.05) is 20.2 Å². The summed E-state index contributed by atoms with van der Waals surface area (Å²) in [5.74, 6) is -1.04. The van der Waals surface area contributed by atoms with Crippen LogP contribution in [0.3, 0.4) is 0 Å². The number of pyridine rings is 2. The van der Waals surface area contributed by atoms with Crippen LogP contribution in [-0.2, 0) is 11.3 Å². The van der Waals surface area contributed by atoms with E-state index >= 15 is 0 Å². The van der Waals surface area contributed by atoms with Crippen LogP contribution in [-0.4, -0.2) is 51.6 Å². The SMILES string of the molecule is COc1ccc2c(n1)c(=O)c(C(=O)N1CCC(C(=O)O)CC1)cn2CC(C)C. The largest absolute Gasteiger partial charge is 0.481 e. The summed E-state index contributed by atoms with van der Waals surface area (Å²) in [5, 5.41) is 9.14. The Labute approximate surface area is 162 Å². The number of amides is 1. The Kier molecular flexibility index (Phi) is 5.67. The Bertz CT molecular complexity index is 958. The Morgan fingerprint density at radius 2 is 1.96 bits per heavy atom. The van der Waals surface area contributed by atoms with Crippen molar-refractivity contribution in [1.29, 1.82) is 0 Å². The highest BCUT2D eigenvalue weighted by atomic mass is 16.5. The third-order valence-electron chi connectivity index (χ3n) is 5.04. The van der Waals surface area contributed by atoms with Gasteiger partial charge in [0.15, 0.2) is 0 Å². The molecule has 1 aliphatic heterocycles. The number of carboxylic acid groups (broad SMARTS) is 1. The first-order chi connectivity index (χ1) is 13.3. The Morgan fingerprint density at radius 3 is 2.54 bits per heavy atom. The molecule has 1 N–H and O–H groups in total. The third-order valence-corrected chi connectivity index (χ3v) is 5.04. The summed E-state index contributed by atoms with van der Waals surface area (Å²) < 4.78 is 7.02. The van der Waals surface area contributed by atoms with E-state index in [1.807, 2.05) is 4.57 Å². The van der Waals surface area contributed by atoms with Gasteiger partial charge in [-0.15, -0.1) is 0 Å². The quantitative estimate of drug-likeness (QED) is 0.842. The van der Waals surface area contributed by atoms with Crippen molar-refractivity contribution in [3.8, 4) is 5.88 Å². The minimum absolute atomic E-state index is 0.0580. The van der Waals surface area contributed by atoms with Crippen LogP contribution >= 0.6 is 0 Å². The molecule has 8 nitrogen and oxygen atoms in total. The molecule has 2 aromatic heterocycles. The molecule has 0 atom stereocenters. The maximum Gasteiger partial charge on any atom is 0.306 e. The molecule has 1 saturated heterocycles. The lowest BCUT2D eigenvalue weighted by Gasteiger charge is -2.30. The number of carbonyl (C=O) groups is 2. The number of aliphatic carboxylic acids is 1. The topological polar surface area (TPSA) is 102 Å². The van der Waals surface area contributed by atoms with Gasteiger partial charge in [0.1, 0.15) is 11.1 Å². The summed E-state index contributed by atoms with van der Waals surface area (Å²) in [6.45, 7) is 5.39. The summed E-state index contributed by atoms with van der Waals surface area (Å²) in [4.78, 5) is 43.0. The third kappa shape index (κ3) is 3.85. The zero-order valence-electron chi connectivity index (χ0n) is 16.3. The monoisotopic (exact) mass is 387 g/mol. The second-order valence-corrected chi connectivity index (χ2v) is 7.54. The number of carbonyl (C=O) groups excluding carboxylic acids is 1. The highest BCUT2D eigenvalue weighted by molar-refractivity contribution is 5.96. The number of likely N-dealkylation sites (tertiary alicyclic amines) is 1. The molecule has 2 aromatic rings. The minimum Gasteiger partial charge on any atom is -0.481 e. The summed E-state index contributed by atoms with van der Waals surface area (Å²) >= 11 is 0. The van der Waals surface area contributed by atoms with E-state index in [2.05, 4.69) is 18.8 Å². The molecule has 0 spiro atoms. The number of aromatic nitrogens is 2. The predicted octanol–water partition coefficient (Wildman–Crippen LogP) is 2.00. The smallest absolute Gasteiger partial charge is 0.306 e. The van der Waals surface area contributed by atoms with Crippen LogP contribution in [0.2, 0.25) is 0 Å². The molecule has 8 heteroatoms. The molecule has 0 aromatic carbocycles. The fourth-order valence-electron chi connectivity index (χ4n) is 3.55. The lowest BCUT2D eigenvalue weighted by Crippen LogP contribution is -2.42. The van der Waals surface area contributed by atoms with Crippen LogP contribution < -0.4 is 10.2 Å². The molecule has 0 aliphatic carbocycles. The highest BCUT2D eigenvalue weighted by Crippen LogP contribution is 2.21. The zero-order chi connectivity index (χ0) is 20.4. The molecule has 28 heavy (non-hydrogen) atoms. The van der Waals surface area contributed by atoms with Gasteiger partial charge in [0.05, 0.1) is 18.5 Å². The molecule has 150 valence electrons. The number of ether oxygens (including phenoxy) is 1. The van der Waals surface area contributed by atoms with Gasteiger partial charge in [0, 0.05) is 31.9 Å². The van der Waals surface area contributed by atoms with Crippen LogP contribution in [0.25, 0.3) is 11.0 Å². The van der Waals surface area contributed by atoms with Gasteiger partial charge in [-0.3, -0.25) is 14.4 Å². The maximum absolute atomic E-state index is 13.0. The van der Waals surface area contributed by atoms with Gasteiger partial charge in [-0.25, -0.2) is 4.98 Å². The molecule has 3 heterocycles. The van der Waals surface area contributed by atoms with Crippen molar-refractivity contribution in [3.63, 3.8) is 0 Å². The standard InChI is InChI=1S/C20H25N3O5/c1-12(2)10-23-11-14(18(24)17-15(23)4-5-16(21-17)28-3)19(25)22-8-6-13(7-9-22)20(26)27/h4-5,11-13H,6-10H2,1-3H3,(H,26,27). The average Bonchev–Trinajstić information content (AvgIpc) is 2.69. The van der Waals surface area contributed by atoms with Gasteiger partial charge >= 0.3 is 5.97 Å². The fraction of sp³-hybridized carbons (Fsp3) is 0.500. The van der Waals surface area contributed by atoms with Crippen molar-refractivity contribution >= 4 is 22.9 Å². The van der Waals surface area contributed by atoms with E-state index in [1.54, 1.807) is 23.2 Å². The summed E-state index contributed by atoms with van der Waals surface area (Å²) in [5.41, 5.74) is 0.480. The maximum atomic E-state index is 13.0. The van der Waals surface area contributed by atoms with Crippen molar-refractivity contribution in [2.24, 2.45) is 11.8 Å². The van der Waals surface area contributed by atoms with Crippen LogP contribution in [0, 0.1) is 11.8 Å². The number of carboxylic acids is 1. The second kappa shape index (κ2) is 8.00. The first-order valence-electron chi connectivity index (χ1n) is 9.42. The van der Waals surface area contributed by atoms with Gasteiger partial charge in [-0.1, -0.05) is 13.8 Å². The molecule has 1 aliphatic rings. The lowest BCUT2D eigenvalue weighted by atomic mass is 9.96. The van der Waals surface area contributed by atoms with E-state index in [0.29, 0.717) is 49.8 Å². The molecule has 3 rings (SSSR count). The number of methoxy groups -OCH3 is 1. The van der Waals surface area contributed by atoms with Crippen LogP contribution in [0.15, 0.2) is 23.1 Å². The summed E-state index contributed by atoms with van der Waals surface area (Å²) in [7, 11) is 1.47. The second-order valence-electron chi connectivity index (χ2n) is 7.54. The predicted molar refractivity (Wildman–Crippen MR) is 104 cm³/mol. The number of nitrogens with zero attached hydrogens (tertiary/aromatic N) is 3. The van der Waals surface area contributed by atoms with Crippen molar-refractivity contribution in [1.82, 2.24) is 14.5 Å². The number of fused-ring (bicyclic) bond motifs is 1. The summed E-state index contributed by atoms with van der Waals surface area (Å²) in [6.07, 6.45) is 2.38. The van der Waals surface area contributed by atoms with Gasteiger partial charge in [-0.2, -0.15) is 0 Å². The Hall–Kier alpha value is -2.90. The van der Waals surface area contributed by atoms with E-state index in [9.17, 15) is 14.4 Å². The molecule has 0 radical (unpaired) electrons. The van der Waals surface area contributed by atoms with E-state index < -0.39 is 17.3 Å². The van der Waals surface area contributed by atoms with Gasteiger partial charge in [-0.05, 0) is 24.8 Å². The van der Waals surface area contributed by atoms with E-state index in [-0.39, 0.29) is 17.0 Å². The highest BCUT2D eigenvalue weighted by Gasteiger charge is 2.29. The van der Waals surface area contributed by atoms with E-state index in [4.69, 9.17) is 9.84 Å². The van der Waals surface area contributed by atoms with Crippen LogP contribution in [0.5, 0.6) is 5.88 Å². The normalized spacial score (nSPS) is 15.2. The molecule has 0 saturated carbocycles. The summed E-state index contributed by atoms with van der Waals surface area (Å²) in [6, 6.07) is 3.47. The number of hydrogen-bond acceptors (Lipinski definition) is 5. The Morgan fingerprint density at radius 1 is 1.29 bits per heavy atom. The molecular weight excluding hydrogens is 362 g/mol. The van der Waals surface area contributed by atoms with E-state index in [1.165, 1.54) is 7.11 Å². The first-order valence-corrected chi connectivity index (χ1v) is 9.42. The number of hydrogen-bond donors (Lipinski definition) is 1. The van der Waals surface area contributed by atoms with E-state index in [0.717, 1.165) is 0 Å². The van der Waals surface area contributed by atoms with Crippen molar-refractivity contribution in [2.45, 2.75) is 33.2 Å². The molecule has 0 bridgehead atoms. The zero-order valence-corrected chi connectivity index (χ0v) is 16.3. The van der Waals surface area contributed by atoms with Crippen LogP contribution in [0.4, 0.5) is 0 Å². The van der Waals surface area contributed by atoms with Gasteiger partial charge in [0.25, 0.3) is 5.91 Å².